The van der Waals surface area contributed by atoms with Gasteiger partial charge in [-0.3, -0.25) is 4.57 Å². The molecule has 0 N–H and O–H groups in total. The summed E-state index contributed by atoms with van der Waals surface area (Å²) in [5.41, 5.74) is 2.86. The molecule has 0 atom stereocenters. The molecule has 2 heterocycles. The molecule has 0 amide bonds. The van der Waals surface area contributed by atoms with Crippen LogP contribution < -0.4 is 9.47 Å². The molecule has 5 rings (SSSR count). The third-order valence-electron chi connectivity index (χ3n) is 5.34. The standard InChI is InChI=1S/C26H23N5O3S/c1-32-20-14-12-19(13-15-20)31-25(21-10-6-7-11-22(21)33-2)29-30-26(31)35-17-24-28-27-23(34-24)16-18-8-4-3-5-9-18/h3-15H,16-17H2,1-2H3. The van der Waals surface area contributed by atoms with Crippen LogP contribution in [0, 0.1) is 0 Å². The summed E-state index contributed by atoms with van der Waals surface area (Å²) in [5.74, 6) is 3.73. The number of rotatable bonds is 9. The zero-order valence-electron chi connectivity index (χ0n) is 19.3. The SMILES string of the molecule is COc1ccc(-n2c(SCc3nnc(Cc4ccccc4)o3)nnc2-c2ccccc2OC)cc1. The van der Waals surface area contributed by atoms with E-state index < -0.39 is 0 Å². The van der Waals surface area contributed by atoms with Crippen molar-refractivity contribution in [1.82, 2.24) is 25.0 Å². The van der Waals surface area contributed by atoms with E-state index in [0.717, 1.165) is 22.6 Å². The minimum Gasteiger partial charge on any atom is -0.497 e. The van der Waals surface area contributed by atoms with Gasteiger partial charge in [-0.05, 0) is 42.0 Å². The largest absolute Gasteiger partial charge is 0.497 e. The van der Waals surface area contributed by atoms with Crippen molar-refractivity contribution in [3.63, 3.8) is 0 Å². The van der Waals surface area contributed by atoms with Crippen molar-refractivity contribution in [1.29, 1.82) is 0 Å². The Morgan fingerprint density at radius 3 is 2.29 bits per heavy atom. The van der Waals surface area contributed by atoms with Gasteiger partial charge in [0, 0.05) is 0 Å². The lowest BCUT2D eigenvalue weighted by Gasteiger charge is -2.12. The molecule has 0 spiro atoms. The zero-order valence-corrected chi connectivity index (χ0v) is 20.1. The molecule has 5 aromatic rings. The van der Waals surface area contributed by atoms with Crippen LogP contribution in [0.1, 0.15) is 17.3 Å². The van der Waals surface area contributed by atoms with Gasteiger partial charge in [-0.15, -0.1) is 20.4 Å². The van der Waals surface area contributed by atoms with E-state index in [2.05, 4.69) is 20.4 Å². The molecular formula is C26H23N5O3S. The van der Waals surface area contributed by atoms with Gasteiger partial charge in [0.1, 0.15) is 11.5 Å². The highest BCUT2D eigenvalue weighted by molar-refractivity contribution is 7.98. The van der Waals surface area contributed by atoms with Gasteiger partial charge in [0.2, 0.25) is 11.8 Å². The Bertz CT molecular complexity index is 1400. The molecule has 0 aliphatic rings. The van der Waals surface area contributed by atoms with E-state index in [1.807, 2.05) is 83.4 Å². The summed E-state index contributed by atoms with van der Waals surface area (Å²) < 4.78 is 18.8. The minimum absolute atomic E-state index is 0.460. The normalized spacial score (nSPS) is 10.9. The molecule has 0 bridgehead atoms. The fraction of sp³-hybridized carbons (Fsp3) is 0.154. The lowest BCUT2D eigenvalue weighted by molar-refractivity contribution is 0.414. The minimum atomic E-state index is 0.460. The van der Waals surface area contributed by atoms with Gasteiger partial charge in [0.15, 0.2) is 11.0 Å². The van der Waals surface area contributed by atoms with E-state index in [0.29, 0.717) is 40.7 Å². The first-order valence-electron chi connectivity index (χ1n) is 11.0. The van der Waals surface area contributed by atoms with Crippen LogP contribution in [0.4, 0.5) is 0 Å². The number of nitrogens with zero attached hydrogens (tertiary/aromatic N) is 5. The van der Waals surface area contributed by atoms with Gasteiger partial charge in [-0.25, -0.2) is 0 Å². The van der Waals surface area contributed by atoms with Crippen LogP contribution in [0.25, 0.3) is 17.1 Å². The van der Waals surface area contributed by atoms with E-state index >= 15 is 0 Å². The highest BCUT2D eigenvalue weighted by Crippen LogP contribution is 2.34. The topological polar surface area (TPSA) is 88.1 Å². The van der Waals surface area contributed by atoms with Crippen LogP contribution in [0.3, 0.4) is 0 Å². The second kappa shape index (κ2) is 10.4. The predicted molar refractivity (Wildman–Crippen MR) is 133 cm³/mol. The lowest BCUT2D eigenvalue weighted by Crippen LogP contribution is -2.01. The number of aromatic nitrogens is 5. The first-order valence-corrected chi connectivity index (χ1v) is 11.9. The lowest BCUT2D eigenvalue weighted by atomic mass is 10.2. The van der Waals surface area contributed by atoms with Crippen molar-refractivity contribution in [2.45, 2.75) is 17.3 Å². The summed E-state index contributed by atoms with van der Waals surface area (Å²) in [5, 5.41) is 18.1. The highest BCUT2D eigenvalue weighted by atomic mass is 32.2. The van der Waals surface area contributed by atoms with Gasteiger partial charge in [0.25, 0.3) is 0 Å². The highest BCUT2D eigenvalue weighted by Gasteiger charge is 2.20. The molecule has 0 unspecified atom stereocenters. The third kappa shape index (κ3) is 5.04. The molecule has 0 saturated carbocycles. The van der Waals surface area contributed by atoms with E-state index in [-0.39, 0.29) is 0 Å². The molecule has 0 saturated heterocycles. The smallest absolute Gasteiger partial charge is 0.226 e. The summed E-state index contributed by atoms with van der Waals surface area (Å²) in [4.78, 5) is 0. The average Bonchev–Trinajstić information content (AvgIpc) is 3.55. The number of para-hydroxylation sites is 1. The van der Waals surface area contributed by atoms with Crippen LogP contribution in [0.2, 0.25) is 0 Å². The Morgan fingerprint density at radius 1 is 0.771 bits per heavy atom. The number of methoxy groups -OCH3 is 2. The van der Waals surface area contributed by atoms with Gasteiger partial charge in [0.05, 0.1) is 37.6 Å². The zero-order chi connectivity index (χ0) is 24.0. The van der Waals surface area contributed by atoms with E-state index in [4.69, 9.17) is 13.9 Å². The van der Waals surface area contributed by atoms with Crippen LogP contribution in [-0.2, 0) is 12.2 Å². The molecule has 35 heavy (non-hydrogen) atoms. The molecule has 2 aromatic heterocycles. The second-order valence-electron chi connectivity index (χ2n) is 7.58. The van der Waals surface area contributed by atoms with Crippen LogP contribution >= 0.6 is 11.8 Å². The summed E-state index contributed by atoms with van der Waals surface area (Å²) in [6, 6.07) is 25.5. The third-order valence-corrected chi connectivity index (χ3v) is 6.26. The van der Waals surface area contributed by atoms with Gasteiger partial charge in [-0.1, -0.05) is 54.2 Å². The maximum atomic E-state index is 5.88. The molecule has 0 radical (unpaired) electrons. The predicted octanol–water partition coefficient (Wildman–Crippen LogP) is 5.22. The van der Waals surface area contributed by atoms with Crippen molar-refractivity contribution >= 4 is 11.8 Å². The van der Waals surface area contributed by atoms with Crippen molar-refractivity contribution in [3.8, 4) is 28.6 Å². The Morgan fingerprint density at radius 2 is 1.51 bits per heavy atom. The first kappa shape index (κ1) is 22.7. The fourth-order valence-electron chi connectivity index (χ4n) is 3.65. The van der Waals surface area contributed by atoms with Crippen LogP contribution in [0.5, 0.6) is 11.5 Å². The van der Waals surface area contributed by atoms with Crippen LogP contribution in [0.15, 0.2) is 88.4 Å². The number of thioether (sulfide) groups is 1. The van der Waals surface area contributed by atoms with Crippen molar-refractivity contribution < 1.29 is 13.9 Å². The van der Waals surface area contributed by atoms with E-state index in [9.17, 15) is 0 Å². The number of hydrogen-bond acceptors (Lipinski definition) is 8. The number of hydrogen-bond donors (Lipinski definition) is 0. The summed E-state index contributed by atoms with van der Waals surface area (Å²) in [6.07, 6.45) is 0.596. The molecule has 0 aliphatic heterocycles. The quantitative estimate of drug-likeness (QED) is 0.263. The Kier molecular flexibility index (Phi) is 6.76. The average molecular weight is 486 g/mol. The Labute approximate surface area is 206 Å². The van der Waals surface area contributed by atoms with E-state index in [1.165, 1.54) is 11.8 Å². The molecule has 0 aliphatic carbocycles. The number of ether oxygens (including phenoxy) is 2. The maximum absolute atomic E-state index is 5.88. The van der Waals surface area contributed by atoms with Crippen molar-refractivity contribution in [2.75, 3.05) is 14.2 Å². The second-order valence-corrected chi connectivity index (χ2v) is 8.52. The van der Waals surface area contributed by atoms with Gasteiger partial charge in [-0.2, -0.15) is 0 Å². The fourth-order valence-corrected chi connectivity index (χ4v) is 4.43. The van der Waals surface area contributed by atoms with Crippen molar-refractivity contribution in [3.05, 3.63) is 96.2 Å². The first-order chi connectivity index (χ1) is 17.2. The number of benzene rings is 3. The molecular weight excluding hydrogens is 462 g/mol. The summed E-state index contributed by atoms with van der Waals surface area (Å²) in [6.45, 7) is 0. The van der Waals surface area contributed by atoms with Gasteiger partial charge >= 0.3 is 0 Å². The van der Waals surface area contributed by atoms with Crippen LogP contribution in [-0.4, -0.2) is 39.2 Å². The maximum Gasteiger partial charge on any atom is 0.226 e. The van der Waals surface area contributed by atoms with Crippen molar-refractivity contribution in [2.24, 2.45) is 0 Å². The Hall–Kier alpha value is -4.11. The Balaban J connectivity index is 1.43. The molecule has 176 valence electrons. The monoisotopic (exact) mass is 485 g/mol. The molecule has 8 nitrogen and oxygen atoms in total. The van der Waals surface area contributed by atoms with Gasteiger partial charge < -0.3 is 13.9 Å². The molecule has 3 aromatic carbocycles. The van der Waals surface area contributed by atoms with E-state index in [1.54, 1.807) is 14.2 Å². The summed E-state index contributed by atoms with van der Waals surface area (Å²) in [7, 11) is 3.29. The molecule has 0 fully saturated rings. The molecule has 9 heteroatoms. The summed E-state index contributed by atoms with van der Waals surface area (Å²) >= 11 is 1.47.